The molecule has 178 valence electrons. The van der Waals surface area contributed by atoms with Gasteiger partial charge in [0.25, 0.3) is 5.91 Å². The van der Waals surface area contributed by atoms with Crippen molar-refractivity contribution < 1.29 is 45.9 Å². The number of carboxylic acids is 1. The molecular formula is C17H25F4N3O6S. The predicted octanol–water partition coefficient (Wildman–Crippen LogP) is 1.78. The van der Waals surface area contributed by atoms with Gasteiger partial charge in [-0.3, -0.25) is 10.0 Å². The van der Waals surface area contributed by atoms with E-state index in [2.05, 4.69) is 0 Å². The SMILES string of the molecule is Cc1cc(S(=O)(=O)N(CCCCCN)[C@H](C)C(=O)NO)ccc1F.O=C(O)C(F)(F)F. The monoisotopic (exact) mass is 475 g/mol. The van der Waals surface area contributed by atoms with Crippen molar-refractivity contribution in [1.82, 2.24) is 9.79 Å². The number of benzene rings is 1. The van der Waals surface area contributed by atoms with Gasteiger partial charge in [-0.25, -0.2) is 23.1 Å². The summed E-state index contributed by atoms with van der Waals surface area (Å²) in [4.78, 5) is 20.5. The summed E-state index contributed by atoms with van der Waals surface area (Å²) in [6, 6.07) is 2.35. The summed E-state index contributed by atoms with van der Waals surface area (Å²) in [7, 11) is -4.02. The summed E-state index contributed by atoms with van der Waals surface area (Å²) in [6.07, 6.45) is -3.12. The zero-order valence-corrected chi connectivity index (χ0v) is 17.6. The molecule has 0 heterocycles. The number of hydroxylamine groups is 1. The third kappa shape index (κ3) is 9.16. The van der Waals surface area contributed by atoms with Crippen molar-refractivity contribution in [3.8, 4) is 0 Å². The van der Waals surface area contributed by atoms with Crippen molar-refractivity contribution in [2.75, 3.05) is 13.1 Å². The molecule has 0 fully saturated rings. The first-order valence-corrected chi connectivity index (χ1v) is 10.4. The van der Waals surface area contributed by atoms with Crippen molar-refractivity contribution in [3.05, 3.63) is 29.6 Å². The summed E-state index contributed by atoms with van der Waals surface area (Å²) >= 11 is 0. The maximum Gasteiger partial charge on any atom is 0.490 e. The number of nitrogens with zero attached hydrogens (tertiary/aromatic N) is 1. The summed E-state index contributed by atoms with van der Waals surface area (Å²) < 4.78 is 71.8. The van der Waals surface area contributed by atoms with E-state index < -0.39 is 39.9 Å². The molecule has 1 aromatic carbocycles. The summed E-state index contributed by atoms with van der Waals surface area (Å²) in [6.45, 7) is 3.43. The van der Waals surface area contributed by atoms with Gasteiger partial charge in [0.1, 0.15) is 11.9 Å². The second-order valence-electron chi connectivity index (χ2n) is 6.33. The maximum absolute atomic E-state index is 13.4. The van der Waals surface area contributed by atoms with Gasteiger partial charge in [0, 0.05) is 6.54 Å². The van der Waals surface area contributed by atoms with Gasteiger partial charge in [-0.1, -0.05) is 6.42 Å². The Morgan fingerprint density at radius 3 is 2.19 bits per heavy atom. The largest absolute Gasteiger partial charge is 0.490 e. The summed E-state index contributed by atoms with van der Waals surface area (Å²) in [5, 5.41) is 15.9. The minimum Gasteiger partial charge on any atom is -0.475 e. The lowest BCUT2D eigenvalue weighted by molar-refractivity contribution is -0.192. The number of aryl methyl sites for hydroxylation is 1. The molecule has 0 aliphatic rings. The lowest BCUT2D eigenvalue weighted by atomic mass is 10.2. The van der Waals surface area contributed by atoms with E-state index in [9.17, 15) is 30.8 Å². The van der Waals surface area contributed by atoms with Gasteiger partial charge in [-0.05, 0) is 57.0 Å². The summed E-state index contributed by atoms with van der Waals surface area (Å²) in [5.74, 6) is -4.10. The lowest BCUT2D eigenvalue weighted by Crippen LogP contribution is -2.47. The number of carboxylic acid groups (broad SMARTS) is 1. The molecule has 1 rings (SSSR count). The van der Waals surface area contributed by atoms with Gasteiger partial charge in [0.05, 0.1) is 4.90 Å². The highest BCUT2D eigenvalue weighted by molar-refractivity contribution is 7.89. The highest BCUT2D eigenvalue weighted by atomic mass is 32.2. The normalized spacial score (nSPS) is 12.7. The Hall–Kier alpha value is -2.29. The first-order valence-electron chi connectivity index (χ1n) is 8.92. The number of alkyl halides is 3. The molecule has 1 aromatic rings. The van der Waals surface area contributed by atoms with Crippen LogP contribution in [0.1, 0.15) is 31.7 Å². The molecule has 0 saturated heterocycles. The van der Waals surface area contributed by atoms with E-state index >= 15 is 0 Å². The van der Waals surface area contributed by atoms with E-state index in [1.165, 1.54) is 25.4 Å². The fourth-order valence-electron chi connectivity index (χ4n) is 2.25. The molecular weight excluding hydrogens is 450 g/mol. The van der Waals surface area contributed by atoms with Gasteiger partial charge in [0.15, 0.2) is 0 Å². The molecule has 0 aliphatic carbocycles. The fourth-order valence-corrected chi connectivity index (χ4v) is 3.97. The van der Waals surface area contributed by atoms with Gasteiger partial charge in [-0.15, -0.1) is 0 Å². The van der Waals surface area contributed by atoms with Crippen molar-refractivity contribution in [2.24, 2.45) is 5.73 Å². The molecule has 0 aliphatic heterocycles. The number of amides is 1. The van der Waals surface area contributed by atoms with Crippen LogP contribution in [0.3, 0.4) is 0 Å². The second-order valence-corrected chi connectivity index (χ2v) is 8.22. The topological polar surface area (TPSA) is 150 Å². The van der Waals surface area contributed by atoms with Crippen molar-refractivity contribution in [3.63, 3.8) is 0 Å². The number of sulfonamides is 1. The highest BCUT2D eigenvalue weighted by Gasteiger charge is 2.38. The maximum atomic E-state index is 13.4. The second kappa shape index (κ2) is 12.5. The predicted molar refractivity (Wildman–Crippen MR) is 101 cm³/mol. The minimum atomic E-state index is -5.08. The third-order valence-corrected chi connectivity index (χ3v) is 5.95. The summed E-state index contributed by atoms with van der Waals surface area (Å²) in [5.41, 5.74) is 7.08. The number of nitrogens with one attached hydrogen (secondary N) is 1. The van der Waals surface area contributed by atoms with Crippen LogP contribution in [0.2, 0.25) is 0 Å². The van der Waals surface area contributed by atoms with Crippen LogP contribution >= 0.6 is 0 Å². The van der Waals surface area contributed by atoms with E-state index in [4.69, 9.17) is 20.8 Å². The van der Waals surface area contributed by atoms with Crippen molar-refractivity contribution in [2.45, 2.75) is 50.2 Å². The molecule has 1 atom stereocenters. The van der Waals surface area contributed by atoms with Crippen molar-refractivity contribution in [1.29, 1.82) is 0 Å². The van der Waals surface area contributed by atoms with Crippen LogP contribution in [-0.4, -0.2) is 60.2 Å². The lowest BCUT2D eigenvalue weighted by Gasteiger charge is -2.27. The van der Waals surface area contributed by atoms with E-state index in [1.807, 2.05) is 0 Å². The number of carbonyl (C=O) groups excluding carboxylic acids is 1. The Morgan fingerprint density at radius 1 is 1.23 bits per heavy atom. The Bertz CT molecular complexity index is 849. The minimum absolute atomic E-state index is 0.0906. The number of unbranched alkanes of at least 4 members (excludes halogenated alkanes) is 2. The van der Waals surface area contributed by atoms with Crippen LogP contribution in [-0.2, 0) is 19.6 Å². The van der Waals surface area contributed by atoms with E-state index in [-0.39, 0.29) is 17.0 Å². The van der Waals surface area contributed by atoms with E-state index in [1.54, 1.807) is 0 Å². The Kier molecular flexibility index (Phi) is 11.6. The first kappa shape index (κ1) is 28.7. The molecule has 0 aromatic heterocycles. The van der Waals surface area contributed by atoms with Gasteiger partial charge >= 0.3 is 12.1 Å². The molecule has 0 bridgehead atoms. The van der Waals surface area contributed by atoms with Crippen LogP contribution in [0, 0.1) is 12.7 Å². The molecule has 0 radical (unpaired) electrons. The zero-order chi connectivity index (χ0) is 24.4. The Morgan fingerprint density at radius 2 is 1.77 bits per heavy atom. The number of carbonyl (C=O) groups is 2. The van der Waals surface area contributed by atoms with Crippen LogP contribution in [0.25, 0.3) is 0 Å². The smallest absolute Gasteiger partial charge is 0.475 e. The number of halogens is 4. The number of hydrogen-bond acceptors (Lipinski definition) is 6. The number of aliphatic carboxylic acids is 1. The Balaban J connectivity index is 0.00000110. The van der Waals surface area contributed by atoms with Gasteiger partial charge in [-0.2, -0.15) is 17.5 Å². The molecule has 14 heteroatoms. The first-order chi connectivity index (χ1) is 14.2. The molecule has 0 saturated carbocycles. The number of nitrogens with two attached hydrogens (primary N) is 1. The standard InChI is InChI=1S/C15H24FN3O4S.C2HF3O2/c1-11-10-13(6-7-14(11)16)24(22,23)19(9-5-3-4-8-17)12(2)15(20)18-21;3-2(4,5)1(6)7/h6-7,10,12,21H,3-5,8-9,17H2,1-2H3,(H,18,20);(H,6,7)/t12-;/m1./s1. The molecule has 5 N–H and O–H groups in total. The average molecular weight is 475 g/mol. The molecule has 1 amide bonds. The number of rotatable bonds is 9. The van der Waals surface area contributed by atoms with Crippen molar-refractivity contribution >= 4 is 21.9 Å². The highest BCUT2D eigenvalue weighted by Crippen LogP contribution is 2.21. The molecule has 0 spiro atoms. The van der Waals surface area contributed by atoms with Crippen LogP contribution < -0.4 is 11.2 Å². The van der Waals surface area contributed by atoms with Crippen LogP contribution in [0.15, 0.2) is 23.1 Å². The zero-order valence-electron chi connectivity index (χ0n) is 16.8. The van der Waals surface area contributed by atoms with Crippen LogP contribution in [0.4, 0.5) is 17.6 Å². The molecule has 9 nitrogen and oxygen atoms in total. The Labute approximate surface area is 176 Å². The molecule has 31 heavy (non-hydrogen) atoms. The van der Waals surface area contributed by atoms with E-state index in [0.29, 0.717) is 19.4 Å². The van der Waals surface area contributed by atoms with Crippen LogP contribution in [0.5, 0.6) is 0 Å². The quantitative estimate of drug-likeness (QED) is 0.184. The third-order valence-electron chi connectivity index (χ3n) is 3.98. The average Bonchev–Trinajstić information content (AvgIpc) is 2.68. The molecule has 0 unspecified atom stereocenters. The van der Waals surface area contributed by atoms with E-state index in [0.717, 1.165) is 22.9 Å². The number of hydrogen-bond donors (Lipinski definition) is 4. The fraction of sp³-hybridized carbons (Fsp3) is 0.529. The van der Waals surface area contributed by atoms with Gasteiger partial charge < -0.3 is 10.8 Å². The van der Waals surface area contributed by atoms with Gasteiger partial charge in [0.2, 0.25) is 10.0 Å².